The van der Waals surface area contributed by atoms with Crippen LogP contribution >= 0.6 is 23.4 Å². The molecule has 1 heterocycles. The van der Waals surface area contributed by atoms with E-state index in [0.29, 0.717) is 16.8 Å². The average Bonchev–Trinajstić information content (AvgIpc) is 2.08. The van der Waals surface area contributed by atoms with Gasteiger partial charge in [0.1, 0.15) is 5.03 Å². The van der Waals surface area contributed by atoms with Crippen molar-refractivity contribution in [3.05, 3.63) is 22.8 Å². The Hall–Kier alpha value is -0.250. The maximum absolute atomic E-state index is 6.09. The number of hydrogen-bond donors (Lipinski definition) is 1. The van der Waals surface area contributed by atoms with Crippen molar-refractivity contribution in [2.75, 3.05) is 0 Å². The molecule has 0 unspecified atom stereocenters. The molecule has 0 aliphatic carbocycles. The highest BCUT2D eigenvalue weighted by molar-refractivity contribution is 7.99. The topological polar surface area (TPSA) is 38.9 Å². The van der Waals surface area contributed by atoms with E-state index in [9.17, 15) is 0 Å². The number of hydrogen-bond acceptors (Lipinski definition) is 3. The fourth-order valence-corrected chi connectivity index (χ4v) is 2.05. The van der Waals surface area contributed by atoms with Crippen molar-refractivity contribution in [3.8, 4) is 0 Å². The summed E-state index contributed by atoms with van der Waals surface area (Å²) in [7, 11) is 0. The molecule has 1 aromatic rings. The first-order valence-corrected chi connectivity index (χ1v) is 5.41. The predicted octanol–water partition coefficient (Wildman–Crippen LogP) is 2.69. The quantitative estimate of drug-likeness (QED) is 0.790. The molecule has 0 aliphatic heterocycles. The Kier molecular flexibility index (Phi) is 4.03. The molecule has 0 aliphatic rings. The lowest BCUT2D eigenvalue weighted by molar-refractivity contribution is 1.01. The van der Waals surface area contributed by atoms with Crippen LogP contribution in [0.4, 0.5) is 0 Å². The Bertz CT molecular complexity index is 289. The Labute approximate surface area is 87.9 Å². The zero-order chi connectivity index (χ0) is 9.84. The molecule has 2 N–H and O–H groups in total. The molecule has 0 fully saturated rings. The third-order valence-electron chi connectivity index (χ3n) is 1.50. The van der Waals surface area contributed by atoms with Gasteiger partial charge in [0.05, 0.1) is 5.02 Å². The highest BCUT2D eigenvalue weighted by Crippen LogP contribution is 2.30. The van der Waals surface area contributed by atoms with Crippen molar-refractivity contribution in [2.24, 2.45) is 5.73 Å². The predicted molar refractivity (Wildman–Crippen MR) is 58.1 cm³/mol. The Morgan fingerprint density at radius 3 is 2.85 bits per heavy atom. The van der Waals surface area contributed by atoms with Crippen molar-refractivity contribution in [1.82, 2.24) is 4.98 Å². The largest absolute Gasteiger partial charge is 0.326 e. The number of halogens is 1. The second-order valence-corrected chi connectivity index (χ2v) is 4.90. The SMILES string of the molecule is CC(C)Sc1nccc(CN)c1Cl. The second kappa shape index (κ2) is 4.84. The number of pyridine rings is 1. The van der Waals surface area contributed by atoms with Crippen molar-refractivity contribution >= 4 is 23.4 Å². The zero-order valence-corrected chi connectivity index (χ0v) is 9.32. The van der Waals surface area contributed by atoms with E-state index in [0.717, 1.165) is 10.6 Å². The lowest BCUT2D eigenvalue weighted by atomic mass is 10.3. The molecule has 0 atom stereocenters. The number of nitrogens with two attached hydrogens (primary N) is 1. The smallest absolute Gasteiger partial charge is 0.115 e. The van der Waals surface area contributed by atoms with E-state index in [1.165, 1.54) is 0 Å². The standard InChI is InChI=1S/C9H13ClN2S/c1-6(2)13-9-8(10)7(5-11)3-4-12-9/h3-4,6H,5,11H2,1-2H3. The van der Waals surface area contributed by atoms with Gasteiger partial charge in [0.2, 0.25) is 0 Å². The summed E-state index contributed by atoms with van der Waals surface area (Å²) in [6.07, 6.45) is 1.75. The van der Waals surface area contributed by atoms with Crippen molar-refractivity contribution in [3.63, 3.8) is 0 Å². The van der Waals surface area contributed by atoms with E-state index in [-0.39, 0.29) is 0 Å². The molecule has 72 valence electrons. The summed E-state index contributed by atoms with van der Waals surface area (Å²) in [6.45, 7) is 4.68. The molecule has 13 heavy (non-hydrogen) atoms. The van der Waals surface area contributed by atoms with Gasteiger partial charge in [-0.1, -0.05) is 25.4 Å². The van der Waals surface area contributed by atoms with Gasteiger partial charge >= 0.3 is 0 Å². The third-order valence-corrected chi connectivity index (χ3v) is 3.04. The molecule has 2 nitrogen and oxygen atoms in total. The van der Waals surface area contributed by atoms with Crippen LogP contribution in [0.15, 0.2) is 17.3 Å². The van der Waals surface area contributed by atoms with Crippen LogP contribution in [0.25, 0.3) is 0 Å². The maximum atomic E-state index is 6.09. The summed E-state index contributed by atoms with van der Waals surface area (Å²) in [6, 6.07) is 1.85. The molecule has 0 bridgehead atoms. The van der Waals surface area contributed by atoms with Gasteiger partial charge in [-0.05, 0) is 11.6 Å². The normalized spacial score (nSPS) is 10.8. The molecule has 1 aromatic heterocycles. The number of thioether (sulfide) groups is 1. The van der Waals surface area contributed by atoms with Crippen LogP contribution in [-0.4, -0.2) is 10.2 Å². The van der Waals surface area contributed by atoms with Gasteiger partial charge < -0.3 is 5.73 Å². The molecular formula is C9H13ClN2S. The second-order valence-electron chi connectivity index (χ2n) is 2.96. The first-order valence-electron chi connectivity index (χ1n) is 4.15. The summed E-state index contributed by atoms with van der Waals surface area (Å²) in [4.78, 5) is 4.20. The van der Waals surface area contributed by atoms with Crippen LogP contribution in [0.1, 0.15) is 19.4 Å². The highest BCUT2D eigenvalue weighted by Gasteiger charge is 2.08. The summed E-state index contributed by atoms with van der Waals surface area (Å²) in [5.74, 6) is 0. The van der Waals surface area contributed by atoms with Gasteiger partial charge in [0.25, 0.3) is 0 Å². The van der Waals surface area contributed by atoms with Crippen molar-refractivity contribution in [2.45, 2.75) is 30.7 Å². The van der Waals surface area contributed by atoms with Gasteiger partial charge in [-0.3, -0.25) is 0 Å². The lowest BCUT2D eigenvalue weighted by Gasteiger charge is -2.08. The minimum absolute atomic E-state index is 0.465. The number of rotatable bonds is 3. The molecular weight excluding hydrogens is 204 g/mol. The fourth-order valence-electron chi connectivity index (χ4n) is 0.925. The fraction of sp³-hybridized carbons (Fsp3) is 0.444. The van der Waals surface area contributed by atoms with Crippen LogP contribution < -0.4 is 5.73 Å². The van der Waals surface area contributed by atoms with Crippen molar-refractivity contribution in [1.29, 1.82) is 0 Å². The van der Waals surface area contributed by atoms with Crippen LogP contribution in [0, 0.1) is 0 Å². The Balaban J connectivity index is 2.94. The van der Waals surface area contributed by atoms with Crippen LogP contribution in [0.3, 0.4) is 0 Å². The summed E-state index contributed by atoms with van der Waals surface area (Å²) < 4.78 is 0. The lowest BCUT2D eigenvalue weighted by Crippen LogP contribution is -1.99. The minimum atomic E-state index is 0.465. The summed E-state index contributed by atoms with van der Waals surface area (Å²) in [5, 5.41) is 2.06. The molecule has 0 saturated carbocycles. The summed E-state index contributed by atoms with van der Waals surface area (Å²) in [5.41, 5.74) is 6.49. The van der Waals surface area contributed by atoms with Gasteiger partial charge in [0, 0.05) is 18.0 Å². The molecule has 0 spiro atoms. The minimum Gasteiger partial charge on any atom is -0.326 e. The average molecular weight is 217 g/mol. The van der Waals surface area contributed by atoms with E-state index in [2.05, 4.69) is 18.8 Å². The molecule has 4 heteroatoms. The monoisotopic (exact) mass is 216 g/mol. The highest BCUT2D eigenvalue weighted by atomic mass is 35.5. The first kappa shape index (κ1) is 10.8. The van der Waals surface area contributed by atoms with Gasteiger partial charge in [-0.25, -0.2) is 4.98 Å². The van der Waals surface area contributed by atoms with Gasteiger partial charge in [-0.15, -0.1) is 11.8 Å². The van der Waals surface area contributed by atoms with Gasteiger partial charge in [0.15, 0.2) is 0 Å². The number of nitrogens with zero attached hydrogens (tertiary/aromatic N) is 1. The summed E-state index contributed by atoms with van der Waals surface area (Å²) >= 11 is 7.75. The van der Waals surface area contributed by atoms with Crippen LogP contribution in [-0.2, 0) is 6.54 Å². The first-order chi connectivity index (χ1) is 6.15. The zero-order valence-electron chi connectivity index (χ0n) is 7.75. The van der Waals surface area contributed by atoms with Gasteiger partial charge in [-0.2, -0.15) is 0 Å². The van der Waals surface area contributed by atoms with E-state index in [1.54, 1.807) is 18.0 Å². The van der Waals surface area contributed by atoms with Crippen molar-refractivity contribution < 1.29 is 0 Å². The van der Waals surface area contributed by atoms with E-state index < -0.39 is 0 Å². The maximum Gasteiger partial charge on any atom is 0.115 e. The van der Waals surface area contributed by atoms with E-state index in [4.69, 9.17) is 17.3 Å². The Morgan fingerprint density at radius 1 is 1.62 bits per heavy atom. The molecule has 0 aromatic carbocycles. The van der Waals surface area contributed by atoms with E-state index in [1.807, 2.05) is 6.07 Å². The van der Waals surface area contributed by atoms with E-state index >= 15 is 0 Å². The third kappa shape index (κ3) is 2.86. The molecule has 1 rings (SSSR count). The molecule has 0 radical (unpaired) electrons. The van der Waals surface area contributed by atoms with Crippen LogP contribution in [0.5, 0.6) is 0 Å². The number of aromatic nitrogens is 1. The molecule has 0 amide bonds. The Morgan fingerprint density at radius 2 is 2.31 bits per heavy atom. The molecule has 0 saturated heterocycles. The van der Waals surface area contributed by atoms with Crippen LogP contribution in [0.2, 0.25) is 5.02 Å².